The number of benzene rings is 9. The van der Waals surface area contributed by atoms with Gasteiger partial charge in [0.1, 0.15) is 0 Å². The maximum Gasteiger partial charge on any atom is 0.164 e. The normalized spacial score (nSPS) is 11.5. The summed E-state index contributed by atoms with van der Waals surface area (Å²) < 4.78 is 0. The quantitative estimate of drug-likeness (QED) is 0.154. The highest BCUT2D eigenvalue weighted by atomic mass is 15.0. The fourth-order valence-electron chi connectivity index (χ4n) is 8.97. The molecule has 0 radical (unpaired) electrons. The highest BCUT2D eigenvalue weighted by molar-refractivity contribution is 6.07. The van der Waals surface area contributed by atoms with Gasteiger partial charge in [0.05, 0.1) is 0 Å². The van der Waals surface area contributed by atoms with Crippen LogP contribution in [0.1, 0.15) is 11.1 Å². The van der Waals surface area contributed by atoms with Crippen LogP contribution in [0.5, 0.6) is 0 Å². The van der Waals surface area contributed by atoms with Gasteiger partial charge in [0, 0.05) is 16.7 Å². The van der Waals surface area contributed by atoms with Crippen molar-refractivity contribution in [3.8, 4) is 101 Å². The molecule has 0 spiro atoms. The van der Waals surface area contributed by atoms with Gasteiger partial charge in [-0.3, -0.25) is 0 Å². The first kappa shape index (κ1) is 36.1. The number of nitrogens with zero attached hydrogens (tertiary/aromatic N) is 3. The van der Waals surface area contributed by atoms with E-state index in [9.17, 15) is 0 Å². The molecule has 1 aromatic heterocycles. The summed E-state index contributed by atoms with van der Waals surface area (Å²) in [5.74, 6) is 1.96. The third kappa shape index (κ3) is 6.73. The van der Waals surface area contributed by atoms with Crippen LogP contribution in [0, 0.1) is 0 Å². The Balaban J connectivity index is 1.12. The van der Waals surface area contributed by atoms with Crippen molar-refractivity contribution in [3.63, 3.8) is 0 Å². The van der Waals surface area contributed by atoms with Crippen LogP contribution in [-0.2, 0) is 6.42 Å². The molecule has 0 fully saturated rings. The van der Waals surface area contributed by atoms with E-state index in [0.717, 1.165) is 50.9 Å². The number of hydrogen-bond acceptors (Lipinski definition) is 3. The Labute approximate surface area is 356 Å². The second-order valence-corrected chi connectivity index (χ2v) is 15.5. The largest absolute Gasteiger partial charge is 0.208 e. The van der Waals surface area contributed by atoms with Crippen molar-refractivity contribution in [1.82, 2.24) is 15.0 Å². The predicted molar refractivity (Wildman–Crippen MR) is 252 cm³/mol. The molecule has 0 amide bonds. The van der Waals surface area contributed by atoms with E-state index in [4.69, 9.17) is 15.0 Å². The molecule has 11 rings (SSSR count). The summed E-state index contributed by atoms with van der Waals surface area (Å²) in [5, 5.41) is 0. The van der Waals surface area contributed by atoms with Crippen molar-refractivity contribution in [3.05, 3.63) is 236 Å². The van der Waals surface area contributed by atoms with Gasteiger partial charge in [0.2, 0.25) is 0 Å². The van der Waals surface area contributed by atoms with E-state index in [1.54, 1.807) is 0 Å². The van der Waals surface area contributed by atoms with Crippen molar-refractivity contribution < 1.29 is 0 Å². The molecule has 61 heavy (non-hydrogen) atoms. The van der Waals surface area contributed by atoms with Crippen LogP contribution in [0.2, 0.25) is 0 Å². The van der Waals surface area contributed by atoms with Crippen LogP contribution >= 0.6 is 0 Å². The van der Waals surface area contributed by atoms with E-state index in [1.807, 2.05) is 18.2 Å². The molecule has 3 nitrogen and oxygen atoms in total. The van der Waals surface area contributed by atoms with Crippen LogP contribution in [0.3, 0.4) is 0 Å². The van der Waals surface area contributed by atoms with E-state index in [1.165, 1.54) is 50.1 Å². The van der Waals surface area contributed by atoms with Gasteiger partial charge in [-0.05, 0) is 90.4 Å². The van der Waals surface area contributed by atoms with Gasteiger partial charge in [-0.15, -0.1) is 0 Å². The summed E-state index contributed by atoms with van der Waals surface area (Å²) in [6, 6.07) is 79.8. The van der Waals surface area contributed by atoms with Gasteiger partial charge >= 0.3 is 0 Å². The van der Waals surface area contributed by atoms with Gasteiger partial charge in [0.25, 0.3) is 0 Å². The molecule has 0 saturated carbocycles. The number of aromatic nitrogens is 3. The fraction of sp³-hybridized carbons (Fsp3) is 0.0172. The second kappa shape index (κ2) is 15.6. The summed E-state index contributed by atoms with van der Waals surface area (Å²) in [7, 11) is 0. The van der Waals surface area contributed by atoms with E-state index in [2.05, 4.69) is 206 Å². The minimum Gasteiger partial charge on any atom is -0.208 e. The molecule has 0 aliphatic heterocycles. The van der Waals surface area contributed by atoms with Crippen LogP contribution in [0.4, 0.5) is 0 Å². The van der Waals surface area contributed by atoms with Gasteiger partial charge in [0.15, 0.2) is 17.5 Å². The zero-order valence-electron chi connectivity index (χ0n) is 33.4. The molecule has 0 bridgehead atoms. The second-order valence-electron chi connectivity index (χ2n) is 15.5. The van der Waals surface area contributed by atoms with Crippen LogP contribution in [-0.4, -0.2) is 15.0 Å². The van der Waals surface area contributed by atoms with Gasteiger partial charge in [-0.1, -0.05) is 218 Å². The van der Waals surface area contributed by atoms with E-state index in [-0.39, 0.29) is 0 Å². The number of fused-ring (bicyclic) bond motifs is 3. The highest BCUT2D eigenvalue weighted by Crippen LogP contribution is 2.50. The lowest BCUT2D eigenvalue weighted by Gasteiger charge is -2.24. The molecule has 1 aliphatic carbocycles. The van der Waals surface area contributed by atoms with E-state index >= 15 is 0 Å². The minimum absolute atomic E-state index is 0.636. The molecule has 1 heterocycles. The van der Waals surface area contributed by atoms with Crippen molar-refractivity contribution >= 4 is 0 Å². The first-order valence-corrected chi connectivity index (χ1v) is 20.8. The zero-order chi connectivity index (χ0) is 40.5. The van der Waals surface area contributed by atoms with Crippen molar-refractivity contribution in [2.45, 2.75) is 6.42 Å². The molecular weight excluding hydrogens is 739 g/mol. The Bertz CT molecular complexity index is 3160. The Morgan fingerprint density at radius 2 is 0.607 bits per heavy atom. The fourth-order valence-corrected chi connectivity index (χ4v) is 8.97. The molecular formula is C58H39N3. The predicted octanol–water partition coefficient (Wildman–Crippen LogP) is 14.8. The lowest BCUT2D eigenvalue weighted by atomic mass is 9.79. The summed E-state index contributed by atoms with van der Waals surface area (Å²) in [6.07, 6.45) is 0.902. The summed E-state index contributed by atoms with van der Waals surface area (Å²) >= 11 is 0. The summed E-state index contributed by atoms with van der Waals surface area (Å²) in [6.45, 7) is 0. The molecule has 1 aliphatic rings. The molecule has 0 N–H and O–H groups in total. The molecule has 286 valence electrons. The molecule has 0 saturated heterocycles. The average molecular weight is 778 g/mol. The number of hydrogen-bond donors (Lipinski definition) is 0. The smallest absolute Gasteiger partial charge is 0.164 e. The van der Waals surface area contributed by atoms with E-state index in [0.29, 0.717) is 17.5 Å². The number of rotatable bonds is 8. The van der Waals surface area contributed by atoms with E-state index < -0.39 is 0 Å². The van der Waals surface area contributed by atoms with Crippen molar-refractivity contribution in [1.29, 1.82) is 0 Å². The van der Waals surface area contributed by atoms with Gasteiger partial charge < -0.3 is 0 Å². The average Bonchev–Trinajstić information content (AvgIpc) is 3.74. The third-order valence-corrected chi connectivity index (χ3v) is 11.8. The molecule has 10 aromatic rings. The first-order valence-electron chi connectivity index (χ1n) is 20.8. The Kier molecular flexibility index (Phi) is 9.25. The Hall–Kier alpha value is -8.01. The van der Waals surface area contributed by atoms with Crippen molar-refractivity contribution in [2.24, 2.45) is 0 Å². The Morgan fingerprint density at radius 3 is 1.16 bits per heavy atom. The molecule has 3 heteroatoms. The van der Waals surface area contributed by atoms with Gasteiger partial charge in [-0.25, -0.2) is 15.0 Å². The minimum atomic E-state index is 0.636. The summed E-state index contributed by atoms with van der Waals surface area (Å²) in [5.41, 5.74) is 19.7. The first-order chi connectivity index (χ1) is 30.3. The molecule has 0 atom stereocenters. The SMILES string of the molecule is c1ccc(-c2nc(-c3ccc(-c4cc(-c5ccccc5)c(-c5ccccc5)c(-c5ccccc5)c4-c4ccccc4)cc3)nc(-c3cccc4c3-c3ccccc3C4)n2)cc1. The maximum absolute atomic E-state index is 5.25. The molecule has 0 unspecified atom stereocenters. The standard InChI is InChI=1S/C58H39N3/c1-6-19-39(20-7-1)50-38-51(54(42-23-10-3-11-24-42)55(43-25-12-4-13-26-43)53(50)41-21-8-2-9-22-41)40-33-35-45(36-34-40)57-59-56(44-27-14-5-15-28-44)60-58(61-57)49-32-18-30-47-37-46-29-16-17-31-48(46)52(47)49/h1-36,38H,37H2. The summed E-state index contributed by atoms with van der Waals surface area (Å²) in [4.78, 5) is 15.5. The third-order valence-electron chi connectivity index (χ3n) is 11.8. The lowest BCUT2D eigenvalue weighted by Crippen LogP contribution is -2.01. The van der Waals surface area contributed by atoms with Crippen LogP contribution < -0.4 is 0 Å². The van der Waals surface area contributed by atoms with Crippen LogP contribution in [0.25, 0.3) is 101 Å². The zero-order valence-corrected chi connectivity index (χ0v) is 33.4. The monoisotopic (exact) mass is 777 g/mol. The maximum atomic E-state index is 5.25. The van der Waals surface area contributed by atoms with Crippen LogP contribution in [0.15, 0.2) is 224 Å². The Morgan fingerprint density at radius 1 is 0.230 bits per heavy atom. The van der Waals surface area contributed by atoms with Gasteiger partial charge in [-0.2, -0.15) is 0 Å². The lowest BCUT2D eigenvalue weighted by molar-refractivity contribution is 1.07. The topological polar surface area (TPSA) is 38.7 Å². The van der Waals surface area contributed by atoms with Crippen molar-refractivity contribution in [2.75, 3.05) is 0 Å². The highest BCUT2D eigenvalue weighted by Gasteiger charge is 2.26. The molecule has 9 aromatic carbocycles.